The third-order valence-electron chi connectivity index (χ3n) is 4.52. The molecule has 1 fully saturated rings. The summed E-state index contributed by atoms with van der Waals surface area (Å²) in [4.78, 5) is 42.6. The molecule has 1 saturated heterocycles. The molecule has 2 heterocycles. The normalized spacial score (nSPS) is 17.6. The van der Waals surface area contributed by atoms with Crippen LogP contribution in [0.5, 0.6) is 0 Å². The Morgan fingerprint density at radius 2 is 2.08 bits per heavy atom. The van der Waals surface area contributed by atoms with Crippen molar-refractivity contribution in [2.45, 2.75) is 45.1 Å². The predicted octanol–water partition coefficient (Wildman–Crippen LogP) is 1.33. The van der Waals surface area contributed by atoms with Crippen molar-refractivity contribution in [3.05, 3.63) is 30.1 Å². The summed E-state index contributed by atoms with van der Waals surface area (Å²) in [5, 5.41) is 8.99. The van der Waals surface area contributed by atoms with Gasteiger partial charge in [-0.1, -0.05) is 6.07 Å². The Morgan fingerprint density at radius 1 is 1.28 bits per heavy atom. The highest BCUT2D eigenvalue weighted by molar-refractivity contribution is 5.80. The monoisotopic (exact) mass is 347 g/mol. The van der Waals surface area contributed by atoms with E-state index in [4.69, 9.17) is 5.11 Å². The Hall–Kier alpha value is -2.44. The lowest BCUT2D eigenvalue weighted by Gasteiger charge is -2.28. The molecule has 7 nitrogen and oxygen atoms in total. The van der Waals surface area contributed by atoms with Crippen LogP contribution in [-0.2, 0) is 20.8 Å². The fourth-order valence-corrected chi connectivity index (χ4v) is 3.22. The van der Waals surface area contributed by atoms with E-state index in [1.54, 1.807) is 6.20 Å². The number of amides is 2. The van der Waals surface area contributed by atoms with Crippen molar-refractivity contribution in [3.8, 4) is 0 Å². The van der Waals surface area contributed by atoms with E-state index in [1.165, 1.54) is 11.8 Å². The molecular weight excluding hydrogens is 322 g/mol. The molecule has 0 radical (unpaired) electrons. The number of aliphatic carboxylic acids is 1. The van der Waals surface area contributed by atoms with Crippen LogP contribution in [0, 0.1) is 0 Å². The lowest BCUT2D eigenvalue weighted by molar-refractivity contribution is -0.145. The largest absolute Gasteiger partial charge is 0.480 e. The second kappa shape index (κ2) is 9.15. The van der Waals surface area contributed by atoms with Gasteiger partial charge in [0, 0.05) is 44.4 Å². The molecule has 1 atom stereocenters. The van der Waals surface area contributed by atoms with Crippen molar-refractivity contribution in [1.29, 1.82) is 0 Å². The Bertz CT molecular complexity index is 606. The van der Waals surface area contributed by atoms with Crippen molar-refractivity contribution >= 4 is 17.8 Å². The number of carboxylic acid groups (broad SMARTS) is 1. The molecule has 1 aliphatic heterocycles. The van der Waals surface area contributed by atoms with Crippen molar-refractivity contribution in [2.75, 3.05) is 19.6 Å². The Kier molecular flexibility index (Phi) is 6.91. The number of rotatable bonds is 6. The van der Waals surface area contributed by atoms with Gasteiger partial charge < -0.3 is 14.9 Å². The van der Waals surface area contributed by atoms with E-state index in [-0.39, 0.29) is 24.4 Å². The molecule has 1 N–H and O–H groups in total. The summed E-state index contributed by atoms with van der Waals surface area (Å²) in [6.45, 7) is 2.31. The van der Waals surface area contributed by atoms with Crippen LogP contribution in [0.4, 0.5) is 0 Å². The maximum Gasteiger partial charge on any atom is 0.323 e. The van der Waals surface area contributed by atoms with Crippen LogP contribution in [0.2, 0.25) is 0 Å². The third kappa shape index (κ3) is 5.85. The SMILES string of the molecule is CC(=O)N(CC(=O)O)C1CCCN(C(=O)CCc2ccccn2)CC1. The fraction of sp³-hybridized carbons (Fsp3) is 0.556. The molecule has 7 heteroatoms. The van der Waals surface area contributed by atoms with Crippen LogP contribution < -0.4 is 0 Å². The van der Waals surface area contributed by atoms with Gasteiger partial charge in [0.25, 0.3) is 0 Å². The molecule has 1 aliphatic rings. The molecule has 1 aromatic heterocycles. The molecule has 0 aromatic carbocycles. The van der Waals surface area contributed by atoms with Gasteiger partial charge in [-0.3, -0.25) is 19.4 Å². The Balaban J connectivity index is 1.88. The summed E-state index contributed by atoms with van der Waals surface area (Å²) in [6, 6.07) is 5.53. The third-order valence-corrected chi connectivity index (χ3v) is 4.52. The zero-order valence-corrected chi connectivity index (χ0v) is 14.6. The summed E-state index contributed by atoms with van der Waals surface area (Å²) in [5.74, 6) is -1.16. The van der Waals surface area contributed by atoms with E-state index < -0.39 is 5.97 Å². The van der Waals surface area contributed by atoms with Gasteiger partial charge in [-0.2, -0.15) is 0 Å². The molecular formula is C18H25N3O4. The van der Waals surface area contributed by atoms with Crippen LogP contribution in [0.1, 0.15) is 38.3 Å². The van der Waals surface area contributed by atoms with Crippen molar-refractivity contribution in [1.82, 2.24) is 14.8 Å². The van der Waals surface area contributed by atoms with Crippen molar-refractivity contribution in [2.24, 2.45) is 0 Å². The molecule has 0 spiro atoms. The Labute approximate surface area is 147 Å². The number of nitrogens with zero attached hydrogens (tertiary/aromatic N) is 3. The first-order valence-electron chi connectivity index (χ1n) is 8.64. The number of carboxylic acids is 1. The van der Waals surface area contributed by atoms with E-state index in [0.29, 0.717) is 32.4 Å². The molecule has 25 heavy (non-hydrogen) atoms. The number of aromatic nitrogens is 1. The molecule has 2 rings (SSSR count). The molecule has 0 bridgehead atoms. The molecule has 0 saturated carbocycles. The summed E-state index contributed by atoms with van der Waals surface area (Å²) in [7, 11) is 0. The van der Waals surface area contributed by atoms with Gasteiger partial charge >= 0.3 is 5.97 Å². The van der Waals surface area contributed by atoms with E-state index in [9.17, 15) is 14.4 Å². The van der Waals surface area contributed by atoms with Gasteiger partial charge in [-0.15, -0.1) is 0 Å². The van der Waals surface area contributed by atoms with Gasteiger partial charge in [0.15, 0.2) is 0 Å². The van der Waals surface area contributed by atoms with Gasteiger partial charge in [-0.25, -0.2) is 0 Å². The van der Waals surface area contributed by atoms with Crippen LogP contribution in [0.3, 0.4) is 0 Å². The second-order valence-corrected chi connectivity index (χ2v) is 6.33. The molecule has 1 unspecified atom stereocenters. The van der Waals surface area contributed by atoms with E-state index >= 15 is 0 Å². The van der Waals surface area contributed by atoms with Crippen LogP contribution in [0.15, 0.2) is 24.4 Å². The van der Waals surface area contributed by atoms with E-state index in [1.807, 2.05) is 23.1 Å². The topological polar surface area (TPSA) is 90.8 Å². The number of likely N-dealkylation sites (tertiary alicyclic amines) is 1. The number of pyridine rings is 1. The summed E-state index contributed by atoms with van der Waals surface area (Å²) in [6.07, 6.45) is 4.84. The lowest BCUT2D eigenvalue weighted by Crippen LogP contribution is -2.43. The number of hydrogen-bond acceptors (Lipinski definition) is 4. The maximum absolute atomic E-state index is 12.4. The highest BCUT2D eigenvalue weighted by atomic mass is 16.4. The molecule has 0 aliphatic carbocycles. The van der Waals surface area contributed by atoms with Gasteiger partial charge in [-0.05, 0) is 37.8 Å². The zero-order chi connectivity index (χ0) is 18.2. The molecule has 1 aromatic rings. The van der Waals surface area contributed by atoms with Crippen LogP contribution in [-0.4, -0.2) is 63.4 Å². The van der Waals surface area contributed by atoms with Crippen LogP contribution >= 0.6 is 0 Å². The standard InChI is InChI=1S/C18H25N3O4/c1-14(22)21(13-18(24)25)16-6-4-11-20(12-9-16)17(23)8-7-15-5-2-3-10-19-15/h2-3,5,10,16H,4,6-9,11-13H2,1H3,(H,24,25). The fourth-order valence-electron chi connectivity index (χ4n) is 3.22. The number of carbonyl (C=O) groups excluding carboxylic acids is 2. The Morgan fingerprint density at radius 3 is 2.72 bits per heavy atom. The number of hydrogen-bond donors (Lipinski definition) is 1. The number of carbonyl (C=O) groups is 3. The van der Waals surface area contributed by atoms with Crippen molar-refractivity contribution in [3.63, 3.8) is 0 Å². The average molecular weight is 347 g/mol. The zero-order valence-electron chi connectivity index (χ0n) is 14.6. The smallest absolute Gasteiger partial charge is 0.323 e. The number of aryl methyl sites for hydroxylation is 1. The van der Waals surface area contributed by atoms with Gasteiger partial charge in [0.05, 0.1) is 0 Å². The predicted molar refractivity (Wildman–Crippen MR) is 91.8 cm³/mol. The average Bonchev–Trinajstić information content (AvgIpc) is 2.84. The molecule has 2 amide bonds. The second-order valence-electron chi connectivity index (χ2n) is 6.33. The quantitative estimate of drug-likeness (QED) is 0.838. The minimum Gasteiger partial charge on any atom is -0.480 e. The molecule has 136 valence electrons. The summed E-state index contributed by atoms with van der Waals surface area (Å²) < 4.78 is 0. The minimum atomic E-state index is -1.01. The highest BCUT2D eigenvalue weighted by Gasteiger charge is 2.27. The van der Waals surface area contributed by atoms with Crippen molar-refractivity contribution < 1.29 is 19.5 Å². The first-order chi connectivity index (χ1) is 12.0. The van der Waals surface area contributed by atoms with E-state index in [0.717, 1.165) is 18.5 Å². The lowest BCUT2D eigenvalue weighted by atomic mass is 10.1. The van der Waals surface area contributed by atoms with Crippen LogP contribution in [0.25, 0.3) is 0 Å². The maximum atomic E-state index is 12.4. The van der Waals surface area contributed by atoms with E-state index in [2.05, 4.69) is 4.98 Å². The minimum absolute atomic E-state index is 0.0823. The van der Waals surface area contributed by atoms with Gasteiger partial charge in [0.2, 0.25) is 11.8 Å². The highest BCUT2D eigenvalue weighted by Crippen LogP contribution is 2.18. The summed E-state index contributed by atoms with van der Waals surface area (Å²) in [5.41, 5.74) is 0.896. The first kappa shape index (κ1) is 18.9. The van der Waals surface area contributed by atoms with Gasteiger partial charge in [0.1, 0.15) is 6.54 Å². The first-order valence-corrected chi connectivity index (χ1v) is 8.64. The summed E-state index contributed by atoms with van der Waals surface area (Å²) >= 11 is 0.